The summed E-state index contributed by atoms with van der Waals surface area (Å²) in [6.45, 7) is 0.726. The zero-order valence-electron chi connectivity index (χ0n) is 20.8. The number of nitrogens with two attached hydrogens (primary N) is 1. The molecule has 0 amide bonds. The van der Waals surface area contributed by atoms with Crippen LogP contribution in [0.2, 0.25) is 0 Å². The maximum atomic E-state index is 12.8. The second-order valence-corrected chi connectivity index (χ2v) is 9.99. The van der Waals surface area contributed by atoms with E-state index in [-0.39, 0.29) is 17.5 Å². The number of imidazole rings is 1. The predicted octanol–water partition coefficient (Wildman–Crippen LogP) is 5.16. The fraction of sp³-hybridized carbons (Fsp3) is 0.345. The molecule has 4 aromatic rings. The number of hydrogen-bond acceptors (Lipinski definition) is 6. The average molecular weight is 498 g/mol. The first-order valence-corrected chi connectivity index (χ1v) is 13.0. The third-order valence-electron chi connectivity index (χ3n) is 7.26. The maximum absolute atomic E-state index is 12.8. The minimum Gasteiger partial charge on any atom is -0.463 e. The second-order valence-electron chi connectivity index (χ2n) is 9.99. The number of aromatic amines is 1. The van der Waals surface area contributed by atoms with Crippen molar-refractivity contribution in [2.75, 3.05) is 12.3 Å². The van der Waals surface area contributed by atoms with E-state index in [2.05, 4.69) is 51.4 Å². The summed E-state index contributed by atoms with van der Waals surface area (Å²) in [7, 11) is 0. The Kier molecular flexibility index (Phi) is 6.39. The number of fused-ring (bicyclic) bond motifs is 3. The van der Waals surface area contributed by atoms with Gasteiger partial charge in [0.1, 0.15) is 17.0 Å². The van der Waals surface area contributed by atoms with E-state index >= 15 is 0 Å². The first-order valence-electron chi connectivity index (χ1n) is 13.0. The van der Waals surface area contributed by atoms with Gasteiger partial charge in [-0.2, -0.15) is 9.97 Å². The van der Waals surface area contributed by atoms with Crippen LogP contribution < -0.4 is 20.9 Å². The molecule has 1 saturated carbocycles. The van der Waals surface area contributed by atoms with Crippen LogP contribution in [0.1, 0.15) is 48.8 Å². The Labute approximate surface area is 215 Å². The van der Waals surface area contributed by atoms with E-state index in [0.717, 1.165) is 41.4 Å². The molecule has 8 heteroatoms. The number of aromatic nitrogens is 4. The van der Waals surface area contributed by atoms with E-state index in [1.165, 1.54) is 31.2 Å². The molecule has 3 heterocycles. The summed E-state index contributed by atoms with van der Waals surface area (Å²) in [5, 5.41) is 0. The lowest BCUT2D eigenvalue weighted by Gasteiger charge is -2.25. The largest absolute Gasteiger partial charge is 0.463 e. The number of anilines is 1. The smallest absolute Gasteiger partial charge is 0.328 e. The Morgan fingerprint density at radius 1 is 1.05 bits per heavy atom. The van der Waals surface area contributed by atoms with Gasteiger partial charge < -0.3 is 20.2 Å². The fourth-order valence-corrected chi connectivity index (χ4v) is 4.99. The number of aryl methyl sites for hydroxylation is 1. The molecule has 0 saturated heterocycles. The number of nitrogens with zero attached hydrogens (tertiary/aromatic N) is 3. The van der Waals surface area contributed by atoms with Crippen LogP contribution in [0.15, 0.2) is 59.4 Å². The lowest BCUT2D eigenvalue weighted by atomic mass is 9.81. The van der Waals surface area contributed by atoms with E-state index in [4.69, 9.17) is 15.2 Å². The standard InChI is InChI=1S/C29H31N5O3/c30-26-25-27-33-28(32-26)36-14-3-1-2-5-21-15-22(18-34(27)29(35)31-25)17-24(16-21)37-23-12-10-20(11-13-23)9-8-19-6-4-7-19/h1-2,10-13,15-17,19H,3-9,14,18H2,(H,31,35)(H2,30,32,33)/b2-1+. The summed E-state index contributed by atoms with van der Waals surface area (Å²) in [5.74, 6) is 2.63. The van der Waals surface area contributed by atoms with E-state index in [9.17, 15) is 4.79 Å². The molecular weight excluding hydrogens is 466 g/mol. The zero-order valence-corrected chi connectivity index (χ0v) is 20.8. The molecular formula is C29H31N5O3. The third kappa shape index (κ3) is 5.23. The number of allylic oxidation sites excluding steroid dienone is 1. The quantitative estimate of drug-likeness (QED) is 0.369. The number of benzene rings is 2. The van der Waals surface area contributed by atoms with Gasteiger partial charge in [-0.05, 0) is 72.6 Å². The van der Waals surface area contributed by atoms with Crippen molar-refractivity contribution in [3.63, 3.8) is 0 Å². The summed E-state index contributed by atoms with van der Waals surface area (Å²) >= 11 is 0. The van der Waals surface area contributed by atoms with Crippen molar-refractivity contribution in [2.24, 2.45) is 5.92 Å². The van der Waals surface area contributed by atoms with Crippen LogP contribution in [-0.2, 0) is 19.4 Å². The van der Waals surface area contributed by atoms with Crippen molar-refractivity contribution in [2.45, 2.75) is 51.5 Å². The van der Waals surface area contributed by atoms with Gasteiger partial charge in [-0.1, -0.05) is 49.6 Å². The molecule has 190 valence electrons. The minimum absolute atomic E-state index is 0.164. The molecule has 4 bridgehead atoms. The van der Waals surface area contributed by atoms with Crippen LogP contribution in [0, 0.1) is 5.92 Å². The van der Waals surface area contributed by atoms with Crippen molar-refractivity contribution in [1.29, 1.82) is 0 Å². The van der Waals surface area contributed by atoms with E-state index in [1.54, 1.807) is 4.57 Å². The van der Waals surface area contributed by atoms with E-state index in [1.807, 2.05) is 18.2 Å². The Balaban J connectivity index is 1.29. The van der Waals surface area contributed by atoms with E-state index < -0.39 is 0 Å². The summed E-state index contributed by atoms with van der Waals surface area (Å²) in [5.41, 5.74) is 10.00. The highest BCUT2D eigenvalue weighted by Crippen LogP contribution is 2.31. The topological polar surface area (TPSA) is 108 Å². The fourth-order valence-electron chi connectivity index (χ4n) is 4.99. The lowest BCUT2D eigenvalue weighted by Crippen LogP contribution is -2.18. The molecule has 1 aliphatic heterocycles. The van der Waals surface area contributed by atoms with Gasteiger partial charge in [0.2, 0.25) is 0 Å². The number of rotatable bonds is 5. The number of nitrogens with one attached hydrogen (secondary N) is 1. The Morgan fingerprint density at radius 2 is 1.89 bits per heavy atom. The summed E-state index contributed by atoms with van der Waals surface area (Å²) in [6.07, 6.45) is 12.2. The van der Waals surface area contributed by atoms with Gasteiger partial charge in [-0.25, -0.2) is 4.79 Å². The molecule has 6 rings (SSSR count). The predicted molar refractivity (Wildman–Crippen MR) is 143 cm³/mol. The van der Waals surface area contributed by atoms with Gasteiger partial charge in [0.15, 0.2) is 11.5 Å². The van der Waals surface area contributed by atoms with Crippen molar-refractivity contribution in [1.82, 2.24) is 19.5 Å². The van der Waals surface area contributed by atoms with Gasteiger partial charge >= 0.3 is 11.7 Å². The highest BCUT2D eigenvalue weighted by molar-refractivity contribution is 5.82. The Morgan fingerprint density at radius 3 is 2.70 bits per heavy atom. The van der Waals surface area contributed by atoms with Crippen molar-refractivity contribution in [3.05, 3.63) is 81.8 Å². The first kappa shape index (κ1) is 23.3. The normalized spacial score (nSPS) is 16.6. The van der Waals surface area contributed by atoms with Crippen LogP contribution in [0.3, 0.4) is 0 Å². The number of H-pyrrole nitrogens is 1. The Bertz CT molecular complexity index is 1500. The molecule has 8 nitrogen and oxygen atoms in total. The van der Waals surface area contributed by atoms with Gasteiger partial charge in [0, 0.05) is 0 Å². The van der Waals surface area contributed by atoms with Gasteiger partial charge in [0.05, 0.1) is 13.2 Å². The van der Waals surface area contributed by atoms with Gasteiger partial charge in [-0.15, -0.1) is 0 Å². The highest BCUT2D eigenvalue weighted by Gasteiger charge is 2.17. The lowest BCUT2D eigenvalue weighted by molar-refractivity contribution is 0.296. The van der Waals surface area contributed by atoms with Crippen molar-refractivity contribution in [3.8, 4) is 17.5 Å². The molecule has 0 radical (unpaired) electrons. The highest BCUT2D eigenvalue weighted by atomic mass is 16.5. The molecule has 0 atom stereocenters. The zero-order chi connectivity index (χ0) is 25.2. The molecule has 2 aliphatic rings. The van der Waals surface area contributed by atoms with Crippen LogP contribution in [-0.4, -0.2) is 26.1 Å². The van der Waals surface area contributed by atoms with Gasteiger partial charge in [0.25, 0.3) is 0 Å². The number of nitrogen functional groups attached to an aromatic ring is 1. The molecule has 0 spiro atoms. The SMILES string of the molecule is Nc1nc2nc3c1[nH]c(=O)n3Cc1cc(cc(Oc3ccc(CCC4CCC4)cc3)c1)C/C=C/CCO2. The van der Waals surface area contributed by atoms with Crippen molar-refractivity contribution >= 4 is 17.0 Å². The second kappa shape index (κ2) is 10.1. The summed E-state index contributed by atoms with van der Waals surface area (Å²) in [4.78, 5) is 24.2. The van der Waals surface area contributed by atoms with Gasteiger partial charge in [-0.3, -0.25) is 4.57 Å². The summed E-state index contributed by atoms with van der Waals surface area (Å²) in [6, 6.07) is 14.7. The minimum atomic E-state index is -0.300. The van der Waals surface area contributed by atoms with E-state index in [0.29, 0.717) is 30.7 Å². The number of ether oxygens (including phenoxy) is 2. The maximum Gasteiger partial charge on any atom is 0.328 e. The third-order valence-corrected chi connectivity index (χ3v) is 7.26. The van der Waals surface area contributed by atoms with Crippen LogP contribution in [0.5, 0.6) is 17.5 Å². The molecule has 1 fully saturated rings. The molecule has 3 N–H and O–H groups in total. The monoisotopic (exact) mass is 497 g/mol. The van der Waals surface area contributed by atoms with Crippen molar-refractivity contribution < 1.29 is 9.47 Å². The Hall–Kier alpha value is -4.07. The van der Waals surface area contributed by atoms with Crippen LogP contribution in [0.4, 0.5) is 5.82 Å². The van der Waals surface area contributed by atoms with Crippen LogP contribution >= 0.6 is 0 Å². The molecule has 2 aromatic heterocycles. The molecule has 2 aromatic carbocycles. The van der Waals surface area contributed by atoms with Crippen LogP contribution in [0.25, 0.3) is 11.2 Å². The molecule has 1 aliphatic carbocycles. The average Bonchev–Trinajstić information content (AvgIpc) is 3.16. The molecule has 0 unspecified atom stereocenters. The first-order chi connectivity index (χ1) is 18.1. The number of hydrogen-bond donors (Lipinski definition) is 2. The summed E-state index contributed by atoms with van der Waals surface area (Å²) < 4.78 is 13.5. The molecule has 37 heavy (non-hydrogen) atoms.